The number of fused-ring (bicyclic) bond motifs is 3. The molecule has 2 heterocycles. The molecule has 132 valence electrons. The van der Waals surface area contributed by atoms with E-state index in [4.69, 9.17) is 0 Å². The van der Waals surface area contributed by atoms with Crippen LogP contribution in [0.4, 0.5) is 26.2 Å². The number of nitrogens with one attached hydrogen (secondary N) is 1. The second-order valence-electron chi connectivity index (χ2n) is 6.05. The zero-order chi connectivity index (χ0) is 18.3. The lowest BCUT2D eigenvalue weighted by Gasteiger charge is -2.24. The molecule has 2 aromatic carbocycles. The zero-order valence-corrected chi connectivity index (χ0v) is 14.1. The van der Waals surface area contributed by atoms with Crippen molar-refractivity contribution < 1.29 is 14.0 Å². The van der Waals surface area contributed by atoms with Gasteiger partial charge in [-0.3, -0.25) is 15.1 Å². The predicted molar refractivity (Wildman–Crippen MR) is 96.1 cm³/mol. The number of para-hydroxylation sites is 1. The number of urea groups is 1. The molecule has 1 N–H and O–H groups in total. The van der Waals surface area contributed by atoms with Crippen LogP contribution < -0.4 is 15.2 Å². The predicted octanol–water partition coefficient (Wildman–Crippen LogP) is 3.50. The number of hydrogen-bond acceptors (Lipinski definition) is 3. The van der Waals surface area contributed by atoms with E-state index in [1.165, 1.54) is 39.1 Å². The summed E-state index contributed by atoms with van der Waals surface area (Å²) in [5, 5.41) is 1.45. The van der Waals surface area contributed by atoms with Crippen LogP contribution in [-0.2, 0) is 4.79 Å². The molecule has 0 saturated carbocycles. The van der Waals surface area contributed by atoms with Crippen LogP contribution in [0.15, 0.2) is 60.4 Å². The largest absolute Gasteiger partial charge is 0.349 e. The molecule has 0 spiro atoms. The maximum atomic E-state index is 14.0. The van der Waals surface area contributed by atoms with Gasteiger partial charge in [-0.25, -0.2) is 19.1 Å². The molecule has 0 atom stereocenters. The molecule has 2 aliphatic heterocycles. The van der Waals surface area contributed by atoms with E-state index < -0.39 is 5.82 Å². The van der Waals surface area contributed by atoms with Gasteiger partial charge in [0.25, 0.3) is 5.91 Å². The van der Waals surface area contributed by atoms with Gasteiger partial charge in [0.05, 0.1) is 11.4 Å². The molecule has 0 unspecified atom stereocenters. The average Bonchev–Trinajstić information content (AvgIpc) is 2.86. The van der Waals surface area contributed by atoms with Gasteiger partial charge in [0.2, 0.25) is 0 Å². The molecular formula is C19H17FN4O2. The van der Waals surface area contributed by atoms with Crippen LogP contribution in [0.2, 0.25) is 0 Å². The number of hydrazine groups is 1. The Kier molecular flexibility index (Phi) is 3.84. The Balaban J connectivity index is 1.90. The van der Waals surface area contributed by atoms with Gasteiger partial charge >= 0.3 is 6.03 Å². The highest BCUT2D eigenvalue weighted by atomic mass is 19.1. The van der Waals surface area contributed by atoms with Crippen molar-refractivity contribution in [1.29, 1.82) is 0 Å². The van der Waals surface area contributed by atoms with Crippen molar-refractivity contribution in [3.05, 3.63) is 66.2 Å². The first-order valence-electron chi connectivity index (χ1n) is 8.39. The van der Waals surface area contributed by atoms with Crippen molar-refractivity contribution in [3.8, 4) is 0 Å². The Labute approximate surface area is 150 Å². The first-order valence-corrected chi connectivity index (χ1v) is 8.39. The van der Waals surface area contributed by atoms with E-state index in [0.29, 0.717) is 29.4 Å². The highest BCUT2D eigenvalue weighted by Crippen LogP contribution is 2.40. The fourth-order valence-electron chi connectivity index (χ4n) is 3.17. The number of carbonyl (C=O) groups is 2. The SMILES string of the molecule is CCCN1NC2=CC(=O)N(c3ccccc3)c3cc(F)ccc3N2C1=O. The van der Waals surface area contributed by atoms with Crippen molar-refractivity contribution in [2.45, 2.75) is 13.3 Å². The minimum Gasteiger partial charge on any atom is -0.279 e. The number of halogens is 1. The van der Waals surface area contributed by atoms with Gasteiger partial charge in [-0.2, -0.15) is 0 Å². The van der Waals surface area contributed by atoms with E-state index >= 15 is 0 Å². The molecule has 26 heavy (non-hydrogen) atoms. The van der Waals surface area contributed by atoms with E-state index in [1.807, 2.05) is 13.0 Å². The van der Waals surface area contributed by atoms with E-state index in [9.17, 15) is 14.0 Å². The van der Waals surface area contributed by atoms with E-state index in [-0.39, 0.29) is 11.9 Å². The molecular weight excluding hydrogens is 335 g/mol. The quantitative estimate of drug-likeness (QED) is 0.920. The number of anilines is 3. The normalized spacial score (nSPS) is 16.1. The minimum absolute atomic E-state index is 0.298. The number of rotatable bonds is 3. The van der Waals surface area contributed by atoms with E-state index in [0.717, 1.165) is 6.42 Å². The maximum absolute atomic E-state index is 14.0. The van der Waals surface area contributed by atoms with Gasteiger partial charge in [0.15, 0.2) is 0 Å². The Morgan fingerprint density at radius 3 is 2.50 bits per heavy atom. The van der Waals surface area contributed by atoms with Crippen LogP contribution in [0.1, 0.15) is 13.3 Å². The smallest absolute Gasteiger partial charge is 0.279 e. The van der Waals surface area contributed by atoms with Gasteiger partial charge in [0.1, 0.15) is 11.6 Å². The minimum atomic E-state index is -0.481. The standard InChI is InChI=1S/C19H17FN4O2/c1-2-10-22-19(26)24-15-9-8-13(20)11-16(15)23(14-6-4-3-5-7-14)18(25)12-17(24)21-22/h3-9,11-12,21H,2,10H2,1H3. The summed E-state index contributed by atoms with van der Waals surface area (Å²) in [4.78, 5) is 28.6. The van der Waals surface area contributed by atoms with Gasteiger partial charge in [-0.1, -0.05) is 25.1 Å². The third-order valence-corrected chi connectivity index (χ3v) is 4.27. The lowest BCUT2D eigenvalue weighted by Crippen LogP contribution is -2.36. The van der Waals surface area contributed by atoms with Gasteiger partial charge in [-0.05, 0) is 30.7 Å². The second-order valence-corrected chi connectivity index (χ2v) is 6.05. The molecule has 0 radical (unpaired) electrons. The Hall–Kier alpha value is -3.35. The van der Waals surface area contributed by atoms with Crippen LogP contribution >= 0.6 is 0 Å². The number of hydrogen-bond donors (Lipinski definition) is 1. The highest BCUT2D eigenvalue weighted by Gasteiger charge is 2.39. The molecule has 2 aromatic rings. The van der Waals surface area contributed by atoms with Crippen molar-refractivity contribution in [2.24, 2.45) is 0 Å². The number of amides is 3. The molecule has 0 aliphatic carbocycles. The molecule has 6 nitrogen and oxygen atoms in total. The fourth-order valence-corrected chi connectivity index (χ4v) is 3.17. The van der Waals surface area contributed by atoms with Crippen LogP contribution in [0.3, 0.4) is 0 Å². The second kappa shape index (κ2) is 6.18. The number of carbonyl (C=O) groups excluding carboxylic acids is 2. The van der Waals surface area contributed by atoms with E-state index in [1.54, 1.807) is 24.3 Å². The maximum Gasteiger partial charge on any atom is 0.349 e. The van der Waals surface area contributed by atoms with Gasteiger partial charge in [0, 0.05) is 24.4 Å². The third-order valence-electron chi connectivity index (χ3n) is 4.27. The van der Waals surface area contributed by atoms with Crippen molar-refractivity contribution >= 4 is 29.0 Å². The summed E-state index contributed by atoms with van der Waals surface area (Å²) in [6.07, 6.45) is 2.12. The summed E-state index contributed by atoms with van der Waals surface area (Å²) in [6.45, 7) is 2.46. The summed E-state index contributed by atoms with van der Waals surface area (Å²) >= 11 is 0. The average molecular weight is 352 g/mol. The zero-order valence-electron chi connectivity index (χ0n) is 14.1. The molecule has 1 fully saturated rings. The Bertz CT molecular complexity index is 913. The molecule has 4 rings (SSSR count). The van der Waals surface area contributed by atoms with Crippen LogP contribution in [0.25, 0.3) is 0 Å². The Morgan fingerprint density at radius 2 is 1.77 bits per heavy atom. The number of benzene rings is 2. The molecule has 2 aliphatic rings. The summed E-state index contributed by atoms with van der Waals surface area (Å²) in [5.41, 5.74) is 4.34. The van der Waals surface area contributed by atoms with Crippen LogP contribution in [0, 0.1) is 5.82 Å². The summed E-state index contributed by atoms with van der Waals surface area (Å²) in [6, 6.07) is 12.7. The molecule has 1 saturated heterocycles. The van der Waals surface area contributed by atoms with Crippen molar-refractivity contribution in [3.63, 3.8) is 0 Å². The monoisotopic (exact) mass is 352 g/mol. The highest BCUT2D eigenvalue weighted by molar-refractivity contribution is 6.15. The molecule has 3 amide bonds. The third kappa shape index (κ3) is 2.48. The molecule has 0 aromatic heterocycles. The first kappa shape index (κ1) is 16.1. The molecule has 7 heteroatoms. The van der Waals surface area contributed by atoms with Crippen LogP contribution in [0.5, 0.6) is 0 Å². The summed E-state index contributed by atoms with van der Waals surface area (Å²) < 4.78 is 14.0. The first-order chi connectivity index (χ1) is 12.6. The van der Waals surface area contributed by atoms with E-state index in [2.05, 4.69) is 5.43 Å². The fraction of sp³-hybridized carbons (Fsp3) is 0.158. The van der Waals surface area contributed by atoms with Gasteiger partial charge < -0.3 is 0 Å². The summed E-state index contributed by atoms with van der Waals surface area (Å²) in [5.74, 6) is -0.482. The van der Waals surface area contributed by atoms with Crippen molar-refractivity contribution in [2.75, 3.05) is 16.3 Å². The number of nitrogens with zero attached hydrogens (tertiary/aromatic N) is 3. The lowest BCUT2D eigenvalue weighted by molar-refractivity contribution is -0.113. The molecule has 0 bridgehead atoms. The topological polar surface area (TPSA) is 55.9 Å². The van der Waals surface area contributed by atoms with Crippen LogP contribution in [-0.4, -0.2) is 23.5 Å². The van der Waals surface area contributed by atoms with Crippen molar-refractivity contribution in [1.82, 2.24) is 10.4 Å². The Morgan fingerprint density at radius 1 is 1.00 bits per heavy atom. The summed E-state index contributed by atoms with van der Waals surface area (Å²) in [7, 11) is 0. The van der Waals surface area contributed by atoms with Gasteiger partial charge in [-0.15, -0.1) is 0 Å². The lowest BCUT2D eigenvalue weighted by atomic mass is 10.2.